The predicted molar refractivity (Wildman–Crippen MR) is 66.4 cm³/mol. The third-order valence-electron chi connectivity index (χ3n) is 3.22. The number of aryl methyl sites for hydroxylation is 1. The molecule has 0 bridgehead atoms. The lowest BCUT2D eigenvalue weighted by Gasteiger charge is -2.26. The third kappa shape index (κ3) is 2.63. The zero-order chi connectivity index (χ0) is 10.7. The molecule has 1 saturated carbocycles. The van der Waals surface area contributed by atoms with Crippen LogP contribution in [0.1, 0.15) is 50.5 Å². The van der Waals surface area contributed by atoms with E-state index in [9.17, 15) is 0 Å². The Hall–Kier alpha value is -0.310. The minimum Gasteiger partial charge on any atom is -0.272 e. The number of nitrogens with zero attached hydrogens (tertiary/aromatic N) is 2. The molecule has 1 aromatic rings. The van der Waals surface area contributed by atoms with Gasteiger partial charge in [-0.3, -0.25) is 4.68 Å². The van der Waals surface area contributed by atoms with Gasteiger partial charge in [-0.15, -0.1) is 0 Å². The van der Waals surface area contributed by atoms with Gasteiger partial charge in [0.25, 0.3) is 0 Å². The summed E-state index contributed by atoms with van der Waals surface area (Å²) in [6, 6.07) is 0. The Morgan fingerprint density at radius 1 is 1.47 bits per heavy atom. The summed E-state index contributed by atoms with van der Waals surface area (Å²) >= 11 is 3.80. The molecule has 84 valence electrons. The van der Waals surface area contributed by atoms with Gasteiger partial charge in [0.1, 0.15) is 0 Å². The quantitative estimate of drug-likeness (QED) is 0.766. The molecule has 3 heteroatoms. The number of alkyl halides is 1. The Morgan fingerprint density at radius 2 is 2.27 bits per heavy atom. The topological polar surface area (TPSA) is 17.8 Å². The van der Waals surface area contributed by atoms with Crippen LogP contribution in [0.2, 0.25) is 0 Å². The van der Waals surface area contributed by atoms with Crippen LogP contribution in [0.4, 0.5) is 0 Å². The summed E-state index contributed by atoms with van der Waals surface area (Å²) < 4.78 is 2.07. The van der Waals surface area contributed by atoms with E-state index in [1.165, 1.54) is 31.2 Å². The van der Waals surface area contributed by atoms with Crippen molar-refractivity contribution in [1.29, 1.82) is 0 Å². The van der Waals surface area contributed by atoms with E-state index in [1.807, 2.05) is 0 Å². The second-order valence-corrected chi connectivity index (χ2v) is 5.62. The summed E-state index contributed by atoms with van der Waals surface area (Å²) in [4.78, 5) is 0.658. The van der Waals surface area contributed by atoms with Gasteiger partial charge in [-0.05, 0) is 30.7 Å². The highest BCUT2D eigenvalue weighted by molar-refractivity contribution is 9.09. The molecule has 2 rings (SSSR count). The monoisotopic (exact) mass is 270 g/mol. The van der Waals surface area contributed by atoms with Crippen molar-refractivity contribution in [1.82, 2.24) is 9.78 Å². The van der Waals surface area contributed by atoms with Gasteiger partial charge in [-0.25, -0.2) is 0 Å². The number of hydrogen-bond acceptors (Lipinski definition) is 1. The lowest BCUT2D eigenvalue weighted by Crippen LogP contribution is -2.16. The molecule has 0 amide bonds. The number of rotatable bonds is 3. The van der Waals surface area contributed by atoms with E-state index in [4.69, 9.17) is 0 Å². The Morgan fingerprint density at radius 3 is 3.00 bits per heavy atom. The van der Waals surface area contributed by atoms with Crippen LogP contribution in [0, 0.1) is 0 Å². The van der Waals surface area contributed by atoms with Crippen molar-refractivity contribution < 1.29 is 0 Å². The van der Waals surface area contributed by atoms with E-state index < -0.39 is 0 Å². The minimum atomic E-state index is 0.658. The van der Waals surface area contributed by atoms with Crippen molar-refractivity contribution >= 4 is 15.9 Å². The highest BCUT2D eigenvalue weighted by Crippen LogP contribution is 2.37. The van der Waals surface area contributed by atoms with Crippen molar-refractivity contribution in [2.24, 2.45) is 0 Å². The summed E-state index contributed by atoms with van der Waals surface area (Å²) in [5.41, 5.74) is 1.42. The van der Waals surface area contributed by atoms with E-state index in [2.05, 4.69) is 45.0 Å². The van der Waals surface area contributed by atoms with Gasteiger partial charge in [0.2, 0.25) is 0 Å². The molecular formula is C12H19BrN2. The van der Waals surface area contributed by atoms with Crippen LogP contribution in [0.3, 0.4) is 0 Å². The minimum absolute atomic E-state index is 0.658. The van der Waals surface area contributed by atoms with Crippen LogP contribution >= 0.6 is 15.9 Å². The maximum atomic E-state index is 4.41. The first-order chi connectivity index (χ1) is 7.31. The summed E-state index contributed by atoms with van der Waals surface area (Å²) in [5.74, 6) is 0.685. The second-order valence-electron chi connectivity index (χ2n) is 4.44. The molecule has 1 heterocycles. The Balaban J connectivity index is 2.06. The molecule has 0 saturated heterocycles. The zero-order valence-electron chi connectivity index (χ0n) is 9.32. The number of aromatic nitrogens is 2. The maximum Gasteiger partial charge on any atom is 0.0524 e. The van der Waals surface area contributed by atoms with Gasteiger partial charge in [0, 0.05) is 17.6 Å². The summed E-state index contributed by atoms with van der Waals surface area (Å²) in [5, 5.41) is 4.41. The first-order valence-electron chi connectivity index (χ1n) is 5.97. The van der Waals surface area contributed by atoms with E-state index in [0.29, 0.717) is 10.7 Å². The van der Waals surface area contributed by atoms with Crippen LogP contribution in [0.25, 0.3) is 0 Å². The Bertz CT molecular complexity index is 308. The summed E-state index contributed by atoms with van der Waals surface area (Å²) in [7, 11) is 0. The van der Waals surface area contributed by atoms with Crippen LogP contribution in [-0.2, 0) is 6.54 Å². The zero-order valence-corrected chi connectivity index (χ0v) is 10.9. The van der Waals surface area contributed by atoms with Gasteiger partial charge in [0.05, 0.1) is 6.20 Å². The van der Waals surface area contributed by atoms with Gasteiger partial charge < -0.3 is 0 Å². The normalized spacial score (nSPS) is 26.8. The molecule has 1 aromatic heterocycles. The third-order valence-corrected chi connectivity index (χ3v) is 4.31. The van der Waals surface area contributed by atoms with Crippen molar-refractivity contribution in [3.05, 3.63) is 18.0 Å². The fourth-order valence-electron chi connectivity index (χ4n) is 2.38. The van der Waals surface area contributed by atoms with Gasteiger partial charge in [-0.2, -0.15) is 5.10 Å². The van der Waals surface area contributed by atoms with Crippen LogP contribution in [0.15, 0.2) is 12.4 Å². The SMILES string of the molecule is CCCn1cc(C2CCCCC2Br)cn1. The number of hydrogen-bond donors (Lipinski definition) is 0. The van der Waals surface area contributed by atoms with Gasteiger partial charge in [-0.1, -0.05) is 35.7 Å². The van der Waals surface area contributed by atoms with Crippen molar-refractivity contribution in [3.63, 3.8) is 0 Å². The molecule has 2 nitrogen and oxygen atoms in total. The maximum absolute atomic E-state index is 4.41. The average Bonchev–Trinajstić information content (AvgIpc) is 2.68. The molecule has 15 heavy (non-hydrogen) atoms. The smallest absolute Gasteiger partial charge is 0.0524 e. The van der Waals surface area contributed by atoms with E-state index >= 15 is 0 Å². The van der Waals surface area contributed by atoms with Gasteiger partial charge in [0.15, 0.2) is 0 Å². The van der Waals surface area contributed by atoms with E-state index in [-0.39, 0.29) is 0 Å². The number of halogens is 1. The molecule has 1 fully saturated rings. The largest absolute Gasteiger partial charge is 0.272 e. The molecule has 1 aliphatic carbocycles. The fourth-order valence-corrected chi connectivity index (χ4v) is 3.28. The van der Waals surface area contributed by atoms with Crippen molar-refractivity contribution in [3.8, 4) is 0 Å². The molecule has 2 unspecified atom stereocenters. The predicted octanol–water partition coefficient (Wildman–Crippen LogP) is 3.71. The summed E-state index contributed by atoms with van der Waals surface area (Å²) in [6.07, 6.45) is 10.8. The summed E-state index contributed by atoms with van der Waals surface area (Å²) in [6.45, 7) is 3.23. The molecule has 2 atom stereocenters. The Labute approximate surface area is 100 Å². The molecule has 0 spiro atoms. The van der Waals surface area contributed by atoms with Crippen molar-refractivity contribution in [2.45, 2.75) is 56.3 Å². The highest BCUT2D eigenvalue weighted by Gasteiger charge is 2.25. The van der Waals surface area contributed by atoms with E-state index in [0.717, 1.165) is 13.0 Å². The molecule has 0 radical (unpaired) electrons. The van der Waals surface area contributed by atoms with Crippen LogP contribution in [-0.4, -0.2) is 14.6 Å². The standard InChI is InChI=1S/C12H19BrN2/c1-2-7-15-9-10(8-14-15)11-5-3-4-6-12(11)13/h8-9,11-12H,2-7H2,1H3. The second kappa shape index (κ2) is 5.15. The van der Waals surface area contributed by atoms with E-state index in [1.54, 1.807) is 0 Å². The van der Waals surface area contributed by atoms with Crippen molar-refractivity contribution in [2.75, 3.05) is 0 Å². The molecule has 0 aromatic carbocycles. The lowest BCUT2D eigenvalue weighted by molar-refractivity contribution is 0.460. The van der Waals surface area contributed by atoms with Crippen LogP contribution < -0.4 is 0 Å². The molecule has 0 N–H and O–H groups in total. The fraction of sp³-hybridized carbons (Fsp3) is 0.750. The first-order valence-corrected chi connectivity index (χ1v) is 6.89. The van der Waals surface area contributed by atoms with Gasteiger partial charge >= 0.3 is 0 Å². The lowest BCUT2D eigenvalue weighted by atomic mass is 9.85. The average molecular weight is 271 g/mol. The van der Waals surface area contributed by atoms with Crippen LogP contribution in [0.5, 0.6) is 0 Å². The molecule has 1 aliphatic rings. The highest BCUT2D eigenvalue weighted by atomic mass is 79.9. The first kappa shape index (κ1) is 11.2. The molecule has 0 aliphatic heterocycles. The molecular weight excluding hydrogens is 252 g/mol. The Kier molecular flexibility index (Phi) is 3.84.